The number of hydrogen-bond acceptors (Lipinski definition) is 4. The topological polar surface area (TPSA) is 61.8 Å². The van der Waals surface area contributed by atoms with Crippen molar-refractivity contribution in [3.63, 3.8) is 0 Å². The molecule has 0 aromatic heterocycles. The largest absolute Gasteiger partial charge is 0.325 e. The van der Waals surface area contributed by atoms with Crippen LogP contribution in [0, 0.1) is 12.7 Å². The van der Waals surface area contributed by atoms with Crippen LogP contribution < -0.4 is 5.32 Å². The summed E-state index contributed by atoms with van der Waals surface area (Å²) in [6, 6.07) is 23.1. The number of amides is 2. The molecule has 1 saturated heterocycles. The van der Waals surface area contributed by atoms with Crippen LogP contribution in [0.4, 0.5) is 15.8 Å². The molecule has 0 saturated carbocycles. The molecule has 7 heteroatoms. The van der Waals surface area contributed by atoms with Crippen LogP contribution in [0.5, 0.6) is 0 Å². The Bertz CT molecular complexity index is 1170. The number of halogens is 1. The molecule has 0 spiro atoms. The Hall–Kier alpha value is -3.45. The molecule has 1 aliphatic heterocycles. The van der Waals surface area contributed by atoms with Crippen LogP contribution in [0.15, 0.2) is 83.9 Å². The number of nitrogens with one attached hydrogen (secondary N) is 1. The fourth-order valence-corrected chi connectivity index (χ4v) is 4.64. The Balaban J connectivity index is 1.53. The Morgan fingerprint density at radius 2 is 1.85 bits per heavy atom. The summed E-state index contributed by atoms with van der Waals surface area (Å²) < 4.78 is 13.2. The van der Waals surface area contributed by atoms with Gasteiger partial charge in [0.05, 0.1) is 5.69 Å². The van der Waals surface area contributed by atoms with Gasteiger partial charge in [0, 0.05) is 18.7 Å². The third-order valence-electron chi connectivity index (χ3n) is 5.24. The molecule has 1 N–H and O–H groups in total. The van der Waals surface area contributed by atoms with Gasteiger partial charge in [0.25, 0.3) is 0 Å². The van der Waals surface area contributed by atoms with Crippen LogP contribution in [0.3, 0.4) is 0 Å². The first kappa shape index (κ1) is 22.7. The molecule has 1 heterocycles. The van der Waals surface area contributed by atoms with Gasteiger partial charge in [0.2, 0.25) is 11.8 Å². The molecule has 168 valence electrons. The quantitative estimate of drug-likeness (QED) is 0.539. The van der Waals surface area contributed by atoms with Gasteiger partial charge in [-0.1, -0.05) is 54.2 Å². The Kier molecular flexibility index (Phi) is 7.19. The lowest BCUT2D eigenvalue weighted by Crippen LogP contribution is -2.46. The molecule has 0 unspecified atom stereocenters. The maximum Gasteiger partial charge on any atom is 0.238 e. The van der Waals surface area contributed by atoms with Crippen molar-refractivity contribution in [2.24, 2.45) is 4.99 Å². The minimum atomic E-state index is -0.581. The highest BCUT2D eigenvalue weighted by molar-refractivity contribution is 8.15. The zero-order valence-electron chi connectivity index (χ0n) is 18.2. The van der Waals surface area contributed by atoms with Crippen molar-refractivity contribution in [3.8, 4) is 0 Å². The van der Waals surface area contributed by atoms with Crippen molar-refractivity contribution < 1.29 is 14.0 Å². The van der Waals surface area contributed by atoms with Crippen molar-refractivity contribution in [3.05, 3.63) is 95.8 Å². The first-order valence-corrected chi connectivity index (χ1v) is 11.6. The summed E-state index contributed by atoms with van der Waals surface area (Å²) in [5.41, 5.74) is 3.37. The fraction of sp³-hybridized carbons (Fsp3) is 0.192. The third-order valence-corrected chi connectivity index (χ3v) is 6.42. The number of nitrogens with zero attached hydrogens (tertiary/aromatic N) is 2. The predicted molar refractivity (Wildman–Crippen MR) is 131 cm³/mol. The average molecular weight is 462 g/mol. The number of para-hydroxylation sites is 1. The van der Waals surface area contributed by atoms with E-state index in [0.29, 0.717) is 29.5 Å². The molecule has 0 radical (unpaired) electrons. The average Bonchev–Trinajstić information content (AvgIpc) is 2.80. The molecule has 1 fully saturated rings. The summed E-state index contributed by atoms with van der Waals surface area (Å²) >= 11 is 1.29. The second kappa shape index (κ2) is 10.4. The molecule has 1 aliphatic rings. The van der Waals surface area contributed by atoms with E-state index in [1.165, 1.54) is 23.9 Å². The van der Waals surface area contributed by atoms with Gasteiger partial charge >= 0.3 is 0 Å². The molecule has 0 bridgehead atoms. The smallest absolute Gasteiger partial charge is 0.238 e. The van der Waals surface area contributed by atoms with E-state index in [4.69, 9.17) is 0 Å². The maximum atomic E-state index is 13.2. The van der Waals surface area contributed by atoms with Crippen molar-refractivity contribution in [1.82, 2.24) is 4.90 Å². The van der Waals surface area contributed by atoms with Crippen LogP contribution in [0.25, 0.3) is 0 Å². The number of thioether (sulfide) groups is 1. The van der Waals surface area contributed by atoms with Crippen LogP contribution in [0.2, 0.25) is 0 Å². The number of aliphatic imine (C=N–C) groups is 1. The highest BCUT2D eigenvalue weighted by Crippen LogP contribution is 2.30. The summed E-state index contributed by atoms with van der Waals surface area (Å²) in [4.78, 5) is 32.3. The number of aryl methyl sites for hydroxylation is 1. The Labute approximate surface area is 196 Å². The van der Waals surface area contributed by atoms with E-state index in [1.807, 2.05) is 61.5 Å². The van der Waals surface area contributed by atoms with Crippen LogP contribution in [0.1, 0.15) is 17.5 Å². The minimum Gasteiger partial charge on any atom is -0.325 e. The zero-order valence-corrected chi connectivity index (χ0v) is 19.0. The number of benzene rings is 3. The second-order valence-electron chi connectivity index (χ2n) is 7.82. The lowest BCUT2D eigenvalue weighted by Gasteiger charge is -2.32. The second-order valence-corrected chi connectivity index (χ2v) is 8.99. The summed E-state index contributed by atoms with van der Waals surface area (Å²) in [6.07, 6.45) is 0.639. The van der Waals surface area contributed by atoms with E-state index in [2.05, 4.69) is 10.3 Å². The van der Waals surface area contributed by atoms with Crippen LogP contribution in [-0.4, -0.2) is 33.7 Å². The lowest BCUT2D eigenvalue weighted by atomic mass is 10.1. The molecule has 3 aromatic carbocycles. The minimum absolute atomic E-state index is 0.0829. The number of rotatable bonds is 6. The number of hydrogen-bond donors (Lipinski definition) is 1. The molecule has 1 atom stereocenters. The van der Waals surface area contributed by atoms with Gasteiger partial charge in [-0.25, -0.2) is 9.38 Å². The van der Waals surface area contributed by atoms with Crippen molar-refractivity contribution in [2.45, 2.75) is 25.0 Å². The Morgan fingerprint density at radius 3 is 2.58 bits per heavy atom. The molecule has 2 amide bonds. The summed E-state index contributed by atoms with van der Waals surface area (Å²) in [5, 5.41) is 2.82. The standard InChI is InChI=1S/C26H24FN3O2S/c1-18-6-5-9-22(16-18)28-25(32)23-17-24(31)30(15-14-19-10-12-20(27)13-11-19)26(33-23)29-21-7-3-2-4-8-21/h2-13,16,23H,14-15,17H2,1H3,(H,28,32)/t23-/m1/s1. The van der Waals surface area contributed by atoms with E-state index < -0.39 is 5.25 Å². The SMILES string of the molecule is Cc1cccc(NC(=O)[C@H]2CC(=O)N(CCc3ccc(F)cc3)C(=Nc3ccccc3)S2)c1. The van der Waals surface area contributed by atoms with E-state index in [1.54, 1.807) is 17.0 Å². The zero-order chi connectivity index (χ0) is 23.2. The molecule has 0 aliphatic carbocycles. The highest BCUT2D eigenvalue weighted by Gasteiger charge is 2.35. The van der Waals surface area contributed by atoms with Gasteiger partial charge in [0.15, 0.2) is 5.17 Å². The first-order valence-electron chi connectivity index (χ1n) is 10.7. The molecule has 3 aromatic rings. The van der Waals surface area contributed by atoms with Gasteiger partial charge in [-0.2, -0.15) is 0 Å². The normalized spacial score (nSPS) is 17.3. The molecular weight excluding hydrogens is 437 g/mol. The Morgan fingerprint density at radius 1 is 1.09 bits per heavy atom. The van der Waals surface area contributed by atoms with Gasteiger partial charge in [-0.3, -0.25) is 14.5 Å². The monoisotopic (exact) mass is 461 g/mol. The number of amidine groups is 1. The van der Waals surface area contributed by atoms with E-state index in [-0.39, 0.29) is 24.1 Å². The van der Waals surface area contributed by atoms with Crippen LogP contribution >= 0.6 is 11.8 Å². The first-order chi connectivity index (χ1) is 16.0. The number of carbonyl (C=O) groups is 2. The molecule has 4 rings (SSSR count). The van der Waals surface area contributed by atoms with E-state index in [9.17, 15) is 14.0 Å². The number of anilines is 1. The fourth-order valence-electron chi connectivity index (χ4n) is 3.51. The highest BCUT2D eigenvalue weighted by atomic mass is 32.2. The lowest BCUT2D eigenvalue weighted by molar-refractivity contribution is -0.129. The predicted octanol–water partition coefficient (Wildman–Crippen LogP) is 5.34. The third kappa shape index (κ3) is 6.08. The molecular formula is C26H24FN3O2S. The van der Waals surface area contributed by atoms with Gasteiger partial charge in [-0.05, 0) is 60.9 Å². The van der Waals surface area contributed by atoms with Crippen molar-refractivity contribution in [1.29, 1.82) is 0 Å². The maximum absolute atomic E-state index is 13.2. The van der Waals surface area contributed by atoms with Gasteiger partial charge < -0.3 is 5.32 Å². The summed E-state index contributed by atoms with van der Waals surface area (Å²) in [5.74, 6) is -0.676. The van der Waals surface area contributed by atoms with Crippen molar-refractivity contribution in [2.75, 3.05) is 11.9 Å². The van der Waals surface area contributed by atoms with E-state index >= 15 is 0 Å². The molecule has 5 nitrogen and oxygen atoms in total. The van der Waals surface area contributed by atoms with Crippen LogP contribution in [-0.2, 0) is 16.0 Å². The van der Waals surface area contributed by atoms with Gasteiger partial charge in [0.1, 0.15) is 11.1 Å². The number of carbonyl (C=O) groups excluding carboxylic acids is 2. The van der Waals surface area contributed by atoms with Gasteiger partial charge in [-0.15, -0.1) is 0 Å². The summed E-state index contributed by atoms with van der Waals surface area (Å²) in [7, 11) is 0. The van der Waals surface area contributed by atoms with Crippen molar-refractivity contribution >= 4 is 40.1 Å². The van der Waals surface area contributed by atoms with E-state index in [0.717, 1.165) is 11.1 Å². The summed E-state index contributed by atoms with van der Waals surface area (Å²) in [6.45, 7) is 2.35. The molecule has 33 heavy (non-hydrogen) atoms.